The van der Waals surface area contributed by atoms with E-state index in [2.05, 4.69) is 21.2 Å². The lowest BCUT2D eigenvalue weighted by atomic mass is 9.93. The van der Waals surface area contributed by atoms with Gasteiger partial charge in [-0.3, -0.25) is 9.59 Å². The SMILES string of the molecule is COC(=O)C1Cc2ccccc2CN1C(=O)CCNC(=O)c1ccc(Br)cc1. The second-order valence-electron chi connectivity index (χ2n) is 6.55. The van der Waals surface area contributed by atoms with Crippen LogP contribution >= 0.6 is 15.9 Å². The van der Waals surface area contributed by atoms with Crippen LogP contribution in [-0.4, -0.2) is 42.4 Å². The van der Waals surface area contributed by atoms with Crippen LogP contribution < -0.4 is 5.32 Å². The smallest absolute Gasteiger partial charge is 0.328 e. The Balaban J connectivity index is 1.62. The van der Waals surface area contributed by atoms with E-state index in [1.165, 1.54) is 7.11 Å². The zero-order valence-electron chi connectivity index (χ0n) is 15.5. The number of halogens is 1. The summed E-state index contributed by atoms with van der Waals surface area (Å²) in [5, 5.41) is 2.75. The molecule has 0 bridgehead atoms. The normalized spacial score (nSPS) is 15.5. The van der Waals surface area contributed by atoms with Gasteiger partial charge in [0, 0.05) is 36.0 Å². The van der Waals surface area contributed by atoms with Crippen molar-refractivity contribution < 1.29 is 19.1 Å². The van der Waals surface area contributed by atoms with E-state index in [4.69, 9.17) is 4.74 Å². The maximum atomic E-state index is 12.8. The minimum atomic E-state index is -0.644. The molecule has 0 fully saturated rings. The molecule has 0 spiro atoms. The van der Waals surface area contributed by atoms with Gasteiger partial charge in [-0.2, -0.15) is 0 Å². The topological polar surface area (TPSA) is 75.7 Å². The van der Waals surface area contributed by atoms with Gasteiger partial charge in [0.2, 0.25) is 5.91 Å². The number of methoxy groups -OCH3 is 1. The lowest BCUT2D eigenvalue weighted by molar-refractivity contribution is -0.154. The first-order valence-corrected chi connectivity index (χ1v) is 9.76. The van der Waals surface area contributed by atoms with Crippen LogP contribution in [0.4, 0.5) is 0 Å². The van der Waals surface area contributed by atoms with Gasteiger partial charge in [0.15, 0.2) is 0 Å². The highest BCUT2D eigenvalue weighted by molar-refractivity contribution is 9.10. The molecule has 1 heterocycles. The molecule has 2 amide bonds. The lowest BCUT2D eigenvalue weighted by Crippen LogP contribution is -2.49. The summed E-state index contributed by atoms with van der Waals surface area (Å²) in [5.74, 6) is -0.864. The van der Waals surface area contributed by atoms with Gasteiger partial charge in [-0.1, -0.05) is 40.2 Å². The molecule has 6 nitrogen and oxygen atoms in total. The van der Waals surface area contributed by atoms with Crippen LogP contribution in [0.25, 0.3) is 0 Å². The van der Waals surface area contributed by atoms with Crippen molar-refractivity contribution in [1.82, 2.24) is 10.2 Å². The molecule has 1 atom stereocenters. The van der Waals surface area contributed by atoms with Crippen LogP contribution in [-0.2, 0) is 27.3 Å². The summed E-state index contributed by atoms with van der Waals surface area (Å²) in [6.07, 6.45) is 0.539. The monoisotopic (exact) mass is 444 g/mol. The zero-order valence-corrected chi connectivity index (χ0v) is 17.1. The number of hydrogen-bond donors (Lipinski definition) is 1. The third-order valence-electron chi connectivity index (χ3n) is 4.77. The predicted octanol–water partition coefficient (Wildman–Crippen LogP) is 2.70. The number of hydrogen-bond acceptors (Lipinski definition) is 4. The van der Waals surface area contributed by atoms with E-state index in [1.54, 1.807) is 29.2 Å². The van der Waals surface area contributed by atoms with E-state index in [0.717, 1.165) is 15.6 Å². The van der Waals surface area contributed by atoms with Crippen LogP contribution in [0.2, 0.25) is 0 Å². The number of ether oxygens (including phenoxy) is 1. The number of fused-ring (bicyclic) bond motifs is 1. The van der Waals surface area contributed by atoms with Crippen molar-refractivity contribution in [3.63, 3.8) is 0 Å². The minimum absolute atomic E-state index is 0.109. The maximum Gasteiger partial charge on any atom is 0.328 e. The molecule has 7 heteroatoms. The fourth-order valence-corrected chi connectivity index (χ4v) is 3.53. The number of carbonyl (C=O) groups excluding carboxylic acids is 3. The Labute approximate surface area is 172 Å². The van der Waals surface area contributed by atoms with Crippen molar-refractivity contribution in [1.29, 1.82) is 0 Å². The van der Waals surface area contributed by atoms with Gasteiger partial charge in [0.25, 0.3) is 5.91 Å². The predicted molar refractivity (Wildman–Crippen MR) is 108 cm³/mol. The average molecular weight is 445 g/mol. The Morgan fingerprint density at radius 2 is 1.79 bits per heavy atom. The zero-order chi connectivity index (χ0) is 20.1. The van der Waals surface area contributed by atoms with Crippen molar-refractivity contribution in [2.24, 2.45) is 0 Å². The van der Waals surface area contributed by atoms with E-state index in [-0.39, 0.29) is 24.8 Å². The number of benzene rings is 2. The summed E-state index contributed by atoms with van der Waals surface area (Å²) in [6, 6.07) is 14.1. The number of amides is 2. The molecule has 0 saturated carbocycles. The third-order valence-corrected chi connectivity index (χ3v) is 5.30. The number of esters is 1. The Kier molecular flexibility index (Phi) is 6.46. The lowest BCUT2D eigenvalue weighted by Gasteiger charge is -2.35. The van der Waals surface area contributed by atoms with Crippen molar-refractivity contribution in [2.75, 3.05) is 13.7 Å². The van der Waals surface area contributed by atoms with Crippen LogP contribution in [0.5, 0.6) is 0 Å². The standard InChI is InChI=1S/C21H21BrN2O4/c1-28-21(27)18-12-15-4-2-3-5-16(15)13-24(18)19(25)10-11-23-20(26)14-6-8-17(22)9-7-14/h2-9,18H,10-13H2,1H3,(H,23,26). The number of carbonyl (C=O) groups is 3. The molecule has 1 aliphatic rings. The number of rotatable bonds is 5. The Hall–Kier alpha value is -2.67. The molecule has 28 heavy (non-hydrogen) atoms. The van der Waals surface area contributed by atoms with Gasteiger partial charge < -0.3 is 15.0 Å². The quantitative estimate of drug-likeness (QED) is 0.719. The fraction of sp³-hybridized carbons (Fsp3) is 0.286. The van der Waals surface area contributed by atoms with Gasteiger partial charge in [0.05, 0.1) is 7.11 Å². The maximum absolute atomic E-state index is 12.8. The van der Waals surface area contributed by atoms with E-state index in [0.29, 0.717) is 18.5 Å². The van der Waals surface area contributed by atoms with Crippen LogP contribution in [0.1, 0.15) is 27.9 Å². The summed E-state index contributed by atoms with van der Waals surface area (Å²) < 4.78 is 5.78. The Bertz CT molecular complexity index is 882. The van der Waals surface area contributed by atoms with Crippen molar-refractivity contribution in [3.05, 3.63) is 69.7 Å². The van der Waals surface area contributed by atoms with Gasteiger partial charge in [-0.25, -0.2) is 4.79 Å². The summed E-state index contributed by atoms with van der Waals surface area (Å²) >= 11 is 3.33. The highest BCUT2D eigenvalue weighted by atomic mass is 79.9. The molecule has 0 aliphatic carbocycles. The van der Waals surface area contributed by atoms with E-state index in [1.807, 2.05) is 24.3 Å². The van der Waals surface area contributed by atoms with Gasteiger partial charge in [-0.15, -0.1) is 0 Å². The van der Waals surface area contributed by atoms with Crippen molar-refractivity contribution in [3.8, 4) is 0 Å². The number of nitrogens with zero attached hydrogens (tertiary/aromatic N) is 1. The van der Waals surface area contributed by atoms with E-state index < -0.39 is 12.0 Å². The summed E-state index contributed by atoms with van der Waals surface area (Å²) in [7, 11) is 1.32. The third kappa shape index (κ3) is 4.59. The van der Waals surface area contributed by atoms with Crippen molar-refractivity contribution in [2.45, 2.75) is 25.4 Å². The molecule has 1 N–H and O–H groups in total. The first kappa shape index (κ1) is 20.1. The first-order valence-electron chi connectivity index (χ1n) is 8.97. The molecular weight excluding hydrogens is 424 g/mol. The Morgan fingerprint density at radius 1 is 1.11 bits per heavy atom. The molecule has 0 radical (unpaired) electrons. The average Bonchev–Trinajstić information content (AvgIpc) is 2.72. The fourth-order valence-electron chi connectivity index (χ4n) is 3.26. The summed E-state index contributed by atoms with van der Waals surface area (Å²) in [6.45, 7) is 0.551. The van der Waals surface area contributed by atoms with Crippen LogP contribution in [0.3, 0.4) is 0 Å². The van der Waals surface area contributed by atoms with E-state index in [9.17, 15) is 14.4 Å². The van der Waals surface area contributed by atoms with E-state index >= 15 is 0 Å². The van der Waals surface area contributed by atoms with Gasteiger partial charge in [0.1, 0.15) is 6.04 Å². The highest BCUT2D eigenvalue weighted by Gasteiger charge is 2.34. The van der Waals surface area contributed by atoms with Crippen molar-refractivity contribution >= 4 is 33.7 Å². The van der Waals surface area contributed by atoms with Crippen LogP contribution in [0, 0.1) is 0 Å². The Morgan fingerprint density at radius 3 is 2.46 bits per heavy atom. The highest BCUT2D eigenvalue weighted by Crippen LogP contribution is 2.24. The second kappa shape index (κ2) is 9.01. The molecule has 1 aliphatic heterocycles. The largest absolute Gasteiger partial charge is 0.467 e. The number of nitrogens with one attached hydrogen (secondary N) is 1. The first-order chi connectivity index (χ1) is 13.5. The molecule has 2 aromatic rings. The second-order valence-corrected chi connectivity index (χ2v) is 7.46. The van der Waals surface area contributed by atoms with Gasteiger partial charge in [-0.05, 0) is 35.4 Å². The molecule has 3 rings (SSSR count). The van der Waals surface area contributed by atoms with Crippen LogP contribution in [0.15, 0.2) is 53.0 Å². The molecule has 0 saturated heterocycles. The summed E-state index contributed by atoms with van der Waals surface area (Å²) in [5.41, 5.74) is 2.59. The molecular formula is C21H21BrN2O4. The molecule has 146 valence electrons. The van der Waals surface area contributed by atoms with Gasteiger partial charge >= 0.3 is 5.97 Å². The minimum Gasteiger partial charge on any atom is -0.467 e. The molecule has 2 aromatic carbocycles. The summed E-state index contributed by atoms with van der Waals surface area (Å²) in [4.78, 5) is 38.7. The molecule has 0 aromatic heterocycles. The molecule has 1 unspecified atom stereocenters.